The molecule has 0 aliphatic carbocycles. The molecule has 1 aromatic carbocycles. The van der Waals surface area contributed by atoms with Crippen molar-refractivity contribution >= 4 is 16.5 Å². The van der Waals surface area contributed by atoms with E-state index in [0.29, 0.717) is 0 Å². The van der Waals surface area contributed by atoms with Crippen LogP contribution in [0.2, 0.25) is 0 Å². The van der Waals surface area contributed by atoms with Crippen molar-refractivity contribution < 1.29 is 0 Å². The van der Waals surface area contributed by atoms with E-state index < -0.39 is 0 Å². The van der Waals surface area contributed by atoms with Crippen LogP contribution in [0.25, 0.3) is 10.8 Å². The maximum Gasteiger partial charge on any atom is 0.200 e. The lowest BCUT2D eigenvalue weighted by Gasteiger charge is -2.10. The van der Waals surface area contributed by atoms with Crippen LogP contribution in [0.4, 0.5) is 5.69 Å². The molecule has 5 heteroatoms. The fourth-order valence-electron chi connectivity index (χ4n) is 1.74. The zero-order chi connectivity index (χ0) is 12.4. The van der Waals surface area contributed by atoms with Gasteiger partial charge in [0.25, 0.3) is 0 Å². The van der Waals surface area contributed by atoms with E-state index in [4.69, 9.17) is 0 Å². The average molecular weight is 238 g/mol. The SMILES string of the molecule is O=c1ccn(Nc2cncc3ccccc23)nc1. The summed E-state index contributed by atoms with van der Waals surface area (Å²) in [5.41, 5.74) is 3.79. The summed E-state index contributed by atoms with van der Waals surface area (Å²) >= 11 is 0. The van der Waals surface area contributed by atoms with Crippen LogP contribution in [-0.2, 0) is 0 Å². The molecule has 0 unspecified atom stereocenters. The van der Waals surface area contributed by atoms with E-state index >= 15 is 0 Å². The van der Waals surface area contributed by atoms with Gasteiger partial charge < -0.3 is 0 Å². The van der Waals surface area contributed by atoms with E-state index in [1.807, 2.05) is 24.3 Å². The summed E-state index contributed by atoms with van der Waals surface area (Å²) < 4.78 is 0. The maximum absolute atomic E-state index is 11.0. The molecule has 0 saturated heterocycles. The lowest BCUT2D eigenvalue weighted by atomic mass is 10.1. The number of hydrogen-bond donors (Lipinski definition) is 1. The Morgan fingerprint density at radius 1 is 1.06 bits per heavy atom. The normalized spacial score (nSPS) is 10.4. The van der Waals surface area contributed by atoms with Crippen molar-refractivity contribution in [3.8, 4) is 0 Å². The Labute approximate surface area is 103 Å². The van der Waals surface area contributed by atoms with Crippen LogP contribution in [0, 0.1) is 0 Å². The third-order valence-electron chi connectivity index (χ3n) is 2.59. The van der Waals surface area contributed by atoms with Gasteiger partial charge in [-0.05, 0) is 0 Å². The number of hydrogen-bond acceptors (Lipinski definition) is 4. The summed E-state index contributed by atoms with van der Waals surface area (Å²) in [5.74, 6) is 0. The van der Waals surface area contributed by atoms with E-state index in [0.717, 1.165) is 16.5 Å². The van der Waals surface area contributed by atoms with Crippen molar-refractivity contribution in [1.82, 2.24) is 14.9 Å². The van der Waals surface area contributed by atoms with Gasteiger partial charge >= 0.3 is 0 Å². The Bertz CT molecular complexity index is 725. The summed E-state index contributed by atoms with van der Waals surface area (Å²) in [6.45, 7) is 0. The van der Waals surface area contributed by atoms with E-state index in [1.165, 1.54) is 17.1 Å². The first-order valence-corrected chi connectivity index (χ1v) is 5.48. The Morgan fingerprint density at radius 2 is 1.94 bits per heavy atom. The summed E-state index contributed by atoms with van der Waals surface area (Å²) in [5, 5.41) is 6.04. The largest absolute Gasteiger partial charge is 0.288 e. The van der Waals surface area contributed by atoms with Gasteiger partial charge in [0.05, 0.1) is 24.3 Å². The molecule has 0 amide bonds. The molecule has 0 bridgehead atoms. The molecule has 0 aliphatic rings. The molecule has 2 heterocycles. The summed E-state index contributed by atoms with van der Waals surface area (Å²) in [6, 6.07) is 9.37. The number of fused-ring (bicyclic) bond motifs is 1. The summed E-state index contributed by atoms with van der Waals surface area (Å²) in [6.07, 6.45) is 6.36. The molecule has 88 valence electrons. The summed E-state index contributed by atoms with van der Waals surface area (Å²) in [7, 11) is 0. The lowest BCUT2D eigenvalue weighted by molar-refractivity contribution is 0.768. The molecule has 0 fully saturated rings. The van der Waals surface area contributed by atoms with Gasteiger partial charge in [0.2, 0.25) is 0 Å². The Kier molecular flexibility index (Phi) is 2.49. The minimum Gasteiger partial charge on any atom is -0.288 e. The Hall–Kier alpha value is -2.69. The number of rotatable bonds is 2. The molecular weight excluding hydrogens is 228 g/mol. The third kappa shape index (κ3) is 1.93. The number of anilines is 1. The Morgan fingerprint density at radius 3 is 2.78 bits per heavy atom. The van der Waals surface area contributed by atoms with Gasteiger partial charge in [-0.25, -0.2) is 0 Å². The van der Waals surface area contributed by atoms with Crippen LogP contribution < -0.4 is 10.9 Å². The van der Waals surface area contributed by atoms with Crippen molar-refractivity contribution in [2.45, 2.75) is 0 Å². The van der Waals surface area contributed by atoms with Gasteiger partial charge in [0, 0.05) is 23.0 Å². The second-order valence-electron chi connectivity index (χ2n) is 3.83. The topological polar surface area (TPSA) is 59.8 Å². The molecular formula is C13H10N4O. The fraction of sp³-hybridized carbons (Fsp3) is 0. The third-order valence-corrected chi connectivity index (χ3v) is 2.59. The first-order chi connectivity index (χ1) is 8.83. The van der Waals surface area contributed by atoms with Crippen LogP contribution in [0.15, 0.2) is 59.9 Å². The highest BCUT2D eigenvalue weighted by Crippen LogP contribution is 2.21. The highest BCUT2D eigenvalue weighted by molar-refractivity contribution is 5.92. The quantitative estimate of drug-likeness (QED) is 0.737. The maximum atomic E-state index is 11.0. The Balaban J connectivity index is 2.04. The zero-order valence-electron chi connectivity index (χ0n) is 9.45. The van der Waals surface area contributed by atoms with Gasteiger partial charge in [-0.15, -0.1) is 0 Å². The van der Waals surface area contributed by atoms with Crippen LogP contribution in [0.1, 0.15) is 0 Å². The molecule has 0 aliphatic heterocycles. The van der Waals surface area contributed by atoms with E-state index in [-0.39, 0.29) is 5.43 Å². The molecule has 2 aromatic heterocycles. The van der Waals surface area contributed by atoms with Gasteiger partial charge in [0.1, 0.15) is 0 Å². The number of nitrogens with zero attached hydrogens (tertiary/aromatic N) is 3. The van der Waals surface area contributed by atoms with Crippen molar-refractivity contribution in [2.75, 3.05) is 5.43 Å². The standard InChI is InChI=1S/C13H10N4O/c18-11-5-6-17(15-8-11)16-13-9-14-7-10-3-1-2-4-12(10)13/h1-9,16H. The molecule has 18 heavy (non-hydrogen) atoms. The van der Waals surface area contributed by atoms with Crippen molar-refractivity contribution in [3.05, 3.63) is 65.3 Å². The van der Waals surface area contributed by atoms with E-state index in [1.54, 1.807) is 18.6 Å². The molecule has 1 N–H and O–H groups in total. The van der Waals surface area contributed by atoms with Crippen LogP contribution in [-0.4, -0.2) is 14.9 Å². The molecule has 0 saturated carbocycles. The van der Waals surface area contributed by atoms with Gasteiger partial charge in [0.15, 0.2) is 5.43 Å². The van der Waals surface area contributed by atoms with Gasteiger partial charge in [-0.2, -0.15) is 9.89 Å². The van der Waals surface area contributed by atoms with Gasteiger partial charge in [-0.3, -0.25) is 15.2 Å². The van der Waals surface area contributed by atoms with Crippen molar-refractivity contribution in [1.29, 1.82) is 0 Å². The van der Waals surface area contributed by atoms with Crippen LogP contribution in [0.5, 0.6) is 0 Å². The predicted molar refractivity (Wildman–Crippen MR) is 69.3 cm³/mol. The zero-order valence-corrected chi connectivity index (χ0v) is 9.45. The number of benzene rings is 1. The van der Waals surface area contributed by atoms with E-state index in [2.05, 4.69) is 15.5 Å². The number of nitrogens with one attached hydrogen (secondary N) is 1. The molecule has 3 aromatic rings. The smallest absolute Gasteiger partial charge is 0.200 e. The lowest BCUT2D eigenvalue weighted by Crippen LogP contribution is -2.16. The predicted octanol–water partition coefficient (Wildman–Crippen LogP) is 1.67. The molecule has 3 rings (SSSR count). The first-order valence-electron chi connectivity index (χ1n) is 5.48. The first kappa shape index (κ1) is 10.5. The molecule has 0 atom stereocenters. The minimum atomic E-state index is -0.121. The minimum absolute atomic E-state index is 0.121. The fourth-order valence-corrected chi connectivity index (χ4v) is 1.74. The molecule has 5 nitrogen and oxygen atoms in total. The monoisotopic (exact) mass is 238 g/mol. The van der Waals surface area contributed by atoms with Crippen molar-refractivity contribution in [2.24, 2.45) is 0 Å². The van der Waals surface area contributed by atoms with Crippen molar-refractivity contribution in [3.63, 3.8) is 0 Å². The van der Waals surface area contributed by atoms with E-state index in [9.17, 15) is 4.79 Å². The van der Waals surface area contributed by atoms with Crippen LogP contribution >= 0.6 is 0 Å². The highest BCUT2D eigenvalue weighted by atomic mass is 16.1. The summed E-state index contributed by atoms with van der Waals surface area (Å²) in [4.78, 5) is 16.6. The second kappa shape index (κ2) is 4.29. The van der Waals surface area contributed by atoms with Gasteiger partial charge in [-0.1, -0.05) is 24.3 Å². The second-order valence-corrected chi connectivity index (χ2v) is 3.83. The van der Waals surface area contributed by atoms with Crippen LogP contribution in [0.3, 0.4) is 0 Å². The molecule has 0 spiro atoms. The average Bonchev–Trinajstić information content (AvgIpc) is 2.42. The molecule has 0 radical (unpaired) electrons. The number of aromatic nitrogens is 3. The highest BCUT2D eigenvalue weighted by Gasteiger charge is 2.00. The number of pyridine rings is 1.